The molecule has 0 saturated carbocycles. The quantitative estimate of drug-likeness (QED) is 0.411. The first-order valence-electron chi connectivity index (χ1n) is 12.9. The number of amides is 3. The maximum Gasteiger partial charge on any atom is 0.250 e. The molecule has 3 aliphatic rings. The number of fused-ring (bicyclic) bond motifs is 1. The Morgan fingerprint density at radius 2 is 1.86 bits per heavy atom. The summed E-state index contributed by atoms with van der Waals surface area (Å²) in [6.07, 6.45) is 2.96. The van der Waals surface area contributed by atoms with Crippen molar-refractivity contribution < 1.29 is 24.2 Å². The number of ether oxygens (including phenoxy) is 1. The Balaban J connectivity index is 1.59. The average Bonchev–Trinajstić information content (AvgIpc) is 3.50. The number of hydrogen-bond donors (Lipinski definition) is 3. The van der Waals surface area contributed by atoms with Gasteiger partial charge in [0.25, 0.3) is 0 Å². The molecule has 1 aromatic carbocycles. The van der Waals surface area contributed by atoms with E-state index in [0.29, 0.717) is 37.9 Å². The number of likely N-dealkylation sites (tertiary alicyclic amines) is 1. The first kappa shape index (κ1) is 25.4. The van der Waals surface area contributed by atoms with Crippen LogP contribution >= 0.6 is 0 Å². The van der Waals surface area contributed by atoms with Gasteiger partial charge in [-0.3, -0.25) is 14.4 Å². The molecule has 1 aromatic rings. The van der Waals surface area contributed by atoms with E-state index in [4.69, 9.17) is 9.84 Å². The second-order valence-electron chi connectivity index (χ2n) is 9.69. The van der Waals surface area contributed by atoms with Crippen molar-refractivity contribution in [2.24, 2.45) is 11.8 Å². The zero-order chi connectivity index (χ0) is 25.2. The van der Waals surface area contributed by atoms with Gasteiger partial charge >= 0.3 is 0 Å². The molecule has 2 unspecified atom stereocenters. The van der Waals surface area contributed by atoms with Crippen LogP contribution in [0.4, 0.5) is 11.4 Å². The molecule has 1 spiro atoms. The van der Waals surface area contributed by atoms with E-state index in [0.717, 1.165) is 25.2 Å². The van der Waals surface area contributed by atoms with Gasteiger partial charge in [-0.25, -0.2) is 0 Å². The van der Waals surface area contributed by atoms with Crippen LogP contribution in [-0.2, 0) is 19.1 Å². The van der Waals surface area contributed by atoms with Crippen molar-refractivity contribution in [2.75, 3.05) is 43.5 Å². The molecule has 0 aromatic heterocycles. The predicted octanol–water partition coefficient (Wildman–Crippen LogP) is 1.75. The Labute approximate surface area is 207 Å². The van der Waals surface area contributed by atoms with E-state index in [-0.39, 0.29) is 30.4 Å². The number of carbonyl (C=O) groups excluding carboxylic acids is 3. The fourth-order valence-electron chi connectivity index (χ4n) is 6.29. The van der Waals surface area contributed by atoms with Gasteiger partial charge in [0.05, 0.1) is 17.9 Å². The number of anilines is 2. The molecule has 9 nitrogen and oxygen atoms in total. The average molecular weight is 487 g/mol. The highest BCUT2D eigenvalue weighted by Crippen LogP contribution is 2.58. The number of nitrogens with zero attached hydrogens (tertiary/aromatic N) is 2. The van der Waals surface area contributed by atoms with Crippen LogP contribution in [0.5, 0.6) is 0 Å². The normalized spacial score (nSPS) is 28.8. The number of benzene rings is 1. The SMILES string of the molecule is CCN(CC)c1ccc(NC(=O)C2N(CCCCCO)C(=O)[C@@H]3[C@@H](C(=O)NC)[C@H]4CCC23O4)cc1. The molecule has 9 heteroatoms. The molecule has 3 N–H and O–H groups in total. The van der Waals surface area contributed by atoms with Crippen molar-refractivity contribution in [1.82, 2.24) is 10.2 Å². The van der Waals surface area contributed by atoms with Crippen LogP contribution in [0.3, 0.4) is 0 Å². The lowest BCUT2D eigenvalue weighted by atomic mass is 9.70. The van der Waals surface area contributed by atoms with Crippen LogP contribution in [0.25, 0.3) is 0 Å². The van der Waals surface area contributed by atoms with E-state index in [2.05, 4.69) is 29.4 Å². The molecular formula is C26H38N4O5. The molecule has 3 saturated heterocycles. The Kier molecular flexibility index (Phi) is 7.66. The van der Waals surface area contributed by atoms with Crippen LogP contribution in [-0.4, -0.2) is 78.8 Å². The van der Waals surface area contributed by atoms with Crippen LogP contribution in [0.1, 0.15) is 46.0 Å². The van der Waals surface area contributed by atoms with Crippen molar-refractivity contribution in [1.29, 1.82) is 0 Å². The Morgan fingerprint density at radius 1 is 1.14 bits per heavy atom. The lowest BCUT2D eigenvalue weighted by Crippen LogP contribution is -2.53. The molecule has 35 heavy (non-hydrogen) atoms. The third kappa shape index (κ3) is 4.40. The number of nitrogens with one attached hydrogen (secondary N) is 2. The van der Waals surface area contributed by atoms with Crippen molar-refractivity contribution >= 4 is 29.1 Å². The highest BCUT2D eigenvalue weighted by molar-refractivity contribution is 6.03. The molecule has 2 bridgehead atoms. The number of hydrogen-bond acceptors (Lipinski definition) is 6. The first-order valence-corrected chi connectivity index (χ1v) is 12.9. The van der Waals surface area contributed by atoms with E-state index in [1.54, 1.807) is 11.9 Å². The predicted molar refractivity (Wildman–Crippen MR) is 133 cm³/mol. The maximum atomic E-state index is 13.7. The minimum absolute atomic E-state index is 0.0947. The summed E-state index contributed by atoms with van der Waals surface area (Å²) in [5.41, 5.74) is 0.759. The first-order chi connectivity index (χ1) is 16.9. The third-order valence-corrected chi connectivity index (χ3v) is 7.92. The zero-order valence-electron chi connectivity index (χ0n) is 21.0. The number of rotatable bonds is 11. The Morgan fingerprint density at radius 3 is 2.49 bits per heavy atom. The van der Waals surface area contributed by atoms with Gasteiger partial charge in [-0.2, -0.15) is 0 Å². The van der Waals surface area contributed by atoms with Crippen molar-refractivity contribution in [3.8, 4) is 0 Å². The highest BCUT2D eigenvalue weighted by atomic mass is 16.5. The summed E-state index contributed by atoms with van der Waals surface area (Å²) >= 11 is 0. The van der Waals surface area contributed by atoms with Gasteiger partial charge in [0.2, 0.25) is 17.7 Å². The monoisotopic (exact) mass is 486 g/mol. The smallest absolute Gasteiger partial charge is 0.250 e. The van der Waals surface area contributed by atoms with E-state index in [1.165, 1.54) is 0 Å². The largest absolute Gasteiger partial charge is 0.396 e. The number of unbranched alkanes of at least 4 members (excludes halogenated alkanes) is 2. The molecule has 3 aliphatic heterocycles. The molecule has 0 radical (unpaired) electrons. The topological polar surface area (TPSA) is 111 Å². The van der Waals surface area contributed by atoms with E-state index < -0.39 is 23.5 Å². The van der Waals surface area contributed by atoms with Gasteiger partial charge in [0.15, 0.2) is 0 Å². The third-order valence-electron chi connectivity index (χ3n) is 7.92. The molecular weight excluding hydrogens is 448 g/mol. The fourth-order valence-corrected chi connectivity index (χ4v) is 6.29. The lowest BCUT2D eigenvalue weighted by Gasteiger charge is -2.33. The minimum atomic E-state index is -0.985. The Hall–Kier alpha value is -2.65. The van der Waals surface area contributed by atoms with Crippen LogP contribution in [0.15, 0.2) is 24.3 Å². The summed E-state index contributed by atoms with van der Waals surface area (Å²) in [5.74, 6) is -1.89. The maximum absolute atomic E-state index is 13.7. The molecule has 192 valence electrons. The summed E-state index contributed by atoms with van der Waals surface area (Å²) in [7, 11) is 1.57. The van der Waals surface area contributed by atoms with Crippen molar-refractivity contribution in [3.63, 3.8) is 0 Å². The van der Waals surface area contributed by atoms with Crippen LogP contribution < -0.4 is 15.5 Å². The van der Waals surface area contributed by atoms with E-state index in [9.17, 15) is 14.4 Å². The molecule has 3 heterocycles. The molecule has 3 amide bonds. The van der Waals surface area contributed by atoms with Crippen molar-refractivity contribution in [2.45, 2.75) is 63.7 Å². The van der Waals surface area contributed by atoms with Gasteiger partial charge in [-0.05, 0) is 70.2 Å². The number of aliphatic hydroxyl groups is 1. The number of aliphatic hydroxyl groups excluding tert-OH is 1. The summed E-state index contributed by atoms with van der Waals surface area (Å²) in [4.78, 5) is 43.9. The second-order valence-corrected chi connectivity index (χ2v) is 9.69. The Bertz CT molecular complexity index is 934. The highest BCUT2D eigenvalue weighted by Gasteiger charge is 2.74. The standard InChI is InChI=1S/C26H38N4O5/c1-4-29(5-2)18-11-9-17(10-12-18)28-24(33)22-26-14-13-19(35-26)20(23(32)27-3)21(26)25(34)30(22)15-7-6-8-16-31/h9-12,19-22,31H,4-8,13-16H2,1-3H3,(H,27,32)(H,28,33)/t19-,20+,21+,22?,26?/m1/s1. The van der Waals surface area contributed by atoms with E-state index >= 15 is 0 Å². The zero-order valence-corrected chi connectivity index (χ0v) is 21.0. The van der Waals surface area contributed by atoms with Gasteiger partial charge in [0, 0.05) is 44.7 Å². The summed E-state index contributed by atoms with van der Waals surface area (Å²) in [6.45, 7) is 6.48. The van der Waals surface area contributed by atoms with Gasteiger partial charge < -0.3 is 30.3 Å². The van der Waals surface area contributed by atoms with E-state index in [1.807, 2.05) is 24.3 Å². The summed E-state index contributed by atoms with van der Waals surface area (Å²) in [6, 6.07) is 6.92. The molecule has 5 atom stereocenters. The molecule has 4 rings (SSSR count). The summed E-state index contributed by atoms with van der Waals surface area (Å²) < 4.78 is 6.37. The summed E-state index contributed by atoms with van der Waals surface area (Å²) in [5, 5.41) is 14.8. The van der Waals surface area contributed by atoms with Gasteiger partial charge in [-0.15, -0.1) is 0 Å². The van der Waals surface area contributed by atoms with Crippen LogP contribution in [0.2, 0.25) is 0 Å². The molecule has 0 aliphatic carbocycles. The van der Waals surface area contributed by atoms with Gasteiger partial charge in [-0.1, -0.05) is 0 Å². The number of carbonyl (C=O) groups is 3. The minimum Gasteiger partial charge on any atom is -0.396 e. The molecule has 3 fully saturated rings. The van der Waals surface area contributed by atoms with Crippen LogP contribution in [0, 0.1) is 11.8 Å². The van der Waals surface area contributed by atoms with Gasteiger partial charge in [0.1, 0.15) is 11.6 Å². The lowest BCUT2D eigenvalue weighted by molar-refractivity contribution is -0.140. The second kappa shape index (κ2) is 10.5. The van der Waals surface area contributed by atoms with Crippen molar-refractivity contribution in [3.05, 3.63) is 24.3 Å². The fraction of sp³-hybridized carbons (Fsp3) is 0.654.